The maximum absolute atomic E-state index is 11.4. The second-order valence-electron chi connectivity index (χ2n) is 4.18. The van der Waals surface area contributed by atoms with Crippen molar-refractivity contribution in [3.63, 3.8) is 0 Å². The van der Waals surface area contributed by atoms with E-state index in [1.54, 1.807) is 0 Å². The molecule has 1 amide bonds. The molecule has 4 heteroatoms. The van der Waals surface area contributed by atoms with Gasteiger partial charge in [0.25, 0.3) is 5.91 Å². The summed E-state index contributed by atoms with van der Waals surface area (Å²) in [6, 6.07) is 10.0. The molecule has 2 N–H and O–H groups in total. The van der Waals surface area contributed by atoms with Crippen molar-refractivity contribution in [2.75, 3.05) is 19.7 Å². The average molecular weight is 234 g/mol. The van der Waals surface area contributed by atoms with Gasteiger partial charge in [0, 0.05) is 19.1 Å². The van der Waals surface area contributed by atoms with Gasteiger partial charge in [0.1, 0.15) is 5.75 Å². The third-order valence-electron chi connectivity index (χ3n) is 2.57. The lowest BCUT2D eigenvalue weighted by Crippen LogP contribution is -2.35. The zero-order valence-corrected chi connectivity index (χ0v) is 9.82. The van der Waals surface area contributed by atoms with Crippen LogP contribution in [-0.2, 0) is 4.79 Å². The summed E-state index contributed by atoms with van der Waals surface area (Å²) in [4.78, 5) is 11.4. The number of nitrogens with one attached hydrogen (secondary N) is 2. The van der Waals surface area contributed by atoms with E-state index in [-0.39, 0.29) is 12.5 Å². The molecule has 0 aliphatic heterocycles. The first-order valence-electron chi connectivity index (χ1n) is 6.02. The maximum Gasteiger partial charge on any atom is 0.257 e. The topological polar surface area (TPSA) is 50.4 Å². The Morgan fingerprint density at radius 3 is 2.71 bits per heavy atom. The van der Waals surface area contributed by atoms with E-state index in [4.69, 9.17) is 4.74 Å². The predicted octanol–water partition coefficient (Wildman–Crippen LogP) is 0.934. The number of hydrogen-bond acceptors (Lipinski definition) is 3. The molecule has 0 spiro atoms. The summed E-state index contributed by atoms with van der Waals surface area (Å²) in [5, 5.41) is 6.14. The van der Waals surface area contributed by atoms with Crippen LogP contribution in [0.4, 0.5) is 0 Å². The SMILES string of the molecule is O=C(COc1ccccc1)NCCNC1CC1. The van der Waals surface area contributed by atoms with Gasteiger partial charge < -0.3 is 15.4 Å². The number of hydrogen-bond donors (Lipinski definition) is 2. The molecule has 1 saturated carbocycles. The molecule has 0 bridgehead atoms. The lowest BCUT2D eigenvalue weighted by atomic mass is 10.3. The molecule has 1 aliphatic rings. The summed E-state index contributed by atoms with van der Waals surface area (Å²) >= 11 is 0. The molecule has 0 radical (unpaired) electrons. The maximum atomic E-state index is 11.4. The number of carbonyl (C=O) groups is 1. The molecule has 0 saturated heterocycles. The second kappa shape index (κ2) is 6.25. The smallest absolute Gasteiger partial charge is 0.257 e. The molecule has 2 rings (SSSR count). The first-order chi connectivity index (χ1) is 8.34. The van der Waals surface area contributed by atoms with Gasteiger partial charge in [-0.15, -0.1) is 0 Å². The summed E-state index contributed by atoms with van der Waals surface area (Å²) < 4.78 is 5.33. The van der Waals surface area contributed by atoms with Gasteiger partial charge in [-0.25, -0.2) is 0 Å². The fourth-order valence-electron chi connectivity index (χ4n) is 1.48. The van der Waals surface area contributed by atoms with E-state index in [0.717, 1.165) is 12.3 Å². The molecular formula is C13H18N2O2. The van der Waals surface area contributed by atoms with E-state index in [1.807, 2.05) is 30.3 Å². The highest BCUT2D eigenvalue weighted by Gasteiger charge is 2.19. The van der Waals surface area contributed by atoms with Crippen LogP contribution >= 0.6 is 0 Å². The third kappa shape index (κ3) is 4.87. The van der Waals surface area contributed by atoms with Gasteiger partial charge in [0.2, 0.25) is 0 Å². The first kappa shape index (κ1) is 11.9. The Balaban J connectivity index is 1.54. The van der Waals surface area contributed by atoms with Crippen LogP contribution in [0, 0.1) is 0 Å². The fourth-order valence-corrected chi connectivity index (χ4v) is 1.48. The summed E-state index contributed by atoms with van der Waals surface area (Å²) in [6.07, 6.45) is 2.54. The monoisotopic (exact) mass is 234 g/mol. The van der Waals surface area contributed by atoms with Crippen molar-refractivity contribution >= 4 is 5.91 Å². The van der Waals surface area contributed by atoms with Crippen molar-refractivity contribution in [2.45, 2.75) is 18.9 Å². The van der Waals surface area contributed by atoms with Gasteiger partial charge in [-0.2, -0.15) is 0 Å². The van der Waals surface area contributed by atoms with Gasteiger partial charge >= 0.3 is 0 Å². The number of ether oxygens (including phenoxy) is 1. The standard InChI is InChI=1S/C13H18N2O2/c16-13(15-9-8-14-11-6-7-11)10-17-12-4-2-1-3-5-12/h1-5,11,14H,6-10H2,(H,15,16). The highest BCUT2D eigenvalue weighted by Crippen LogP contribution is 2.17. The van der Waals surface area contributed by atoms with Crippen LogP contribution in [0.3, 0.4) is 0 Å². The van der Waals surface area contributed by atoms with Gasteiger partial charge in [-0.05, 0) is 25.0 Å². The molecule has 92 valence electrons. The van der Waals surface area contributed by atoms with E-state index < -0.39 is 0 Å². The van der Waals surface area contributed by atoms with Crippen LogP contribution in [-0.4, -0.2) is 31.6 Å². The van der Waals surface area contributed by atoms with Crippen LogP contribution in [0.15, 0.2) is 30.3 Å². The van der Waals surface area contributed by atoms with Gasteiger partial charge in [-0.3, -0.25) is 4.79 Å². The molecule has 1 aromatic rings. The van der Waals surface area contributed by atoms with Crippen LogP contribution in [0.25, 0.3) is 0 Å². The highest BCUT2D eigenvalue weighted by molar-refractivity contribution is 5.77. The van der Waals surface area contributed by atoms with Crippen LogP contribution < -0.4 is 15.4 Å². The van der Waals surface area contributed by atoms with E-state index in [2.05, 4.69) is 10.6 Å². The Hall–Kier alpha value is -1.55. The van der Waals surface area contributed by atoms with Crippen LogP contribution in [0.1, 0.15) is 12.8 Å². The Morgan fingerprint density at radius 1 is 1.24 bits per heavy atom. The van der Waals surface area contributed by atoms with Crippen molar-refractivity contribution in [1.82, 2.24) is 10.6 Å². The lowest BCUT2D eigenvalue weighted by molar-refractivity contribution is -0.123. The van der Waals surface area contributed by atoms with Gasteiger partial charge in [0.05, 0.1) is 0 Å². The minimum absolute atomic E-state index is 0.0768. The van der Waals surface area contributed by atoms with Crippen molar-refractivity contribution < 1.29 is 9.53 Å². The predicted molar refractivity (Wildman–Crippen MR) is 66.0 cm³/mol. The molecule has 1 fully saturated rings. The summed E-state index contributed by atoms with van der Waals surface area (Å²) in [6.45, 7) is 1.57. The second-order valence-corrected chi connectivity index (χ2v) is 4.18. The Labute approximate surface area is 101 Å². The lowest BCUT2D eigenvalue weighted by Gasteiger charge is -2.07. The summed E-state index contributed by atoms with van der Waals surface area (Å²) in [7, 11) is 0. The number of carbonyl (C=O) groups excluding carboxylic acids is 1. The largest absolute Gasteiger partial charge is 0.484 e. The molecule has 0 unspecified atom stereocenters. The highest BCUT2D eigenvalue weighted by atomic mass is 16.5. The van der Waals surface area contributed by atoms with E-state index in [9.17, 15) is 4.79 Å². The molecule has 17 heavy (non-hydrogen) atoms. The molecule has 0 atom stereocenters. The van der Waals surface area contributed by atoms with Crippen LogP contribution in [0.5, 0.6) is 5.75 Å². The van der Waals surface area contributed by atoms with Crippen molar-refractivity contribution in [1.29, 1.82) is 0 Å². The third-order valence-corrected chi connectivity index (χ3v) is 2.57. The number of amides is 1. The zero-order chi connectivity index (χ0) is 11.9. The van der Waals surface area contributed by atoms with Crippen molar-refractivity contribution in [3.05, 3.63) is 30.3 Å². The number of benzene rings is 1. The van der Waals surface area contributed by atoms with Gasteiger partial charge in [-0.1, -0.05) is 18.2 Å². The summed E-state index contributed by atoms with van der Waals surface area (Å²) in [5.74, 6) is 0.644. The van der Waals surface area contributed by atoms with Gasteiger partial charge in [0.15, 0.2) is 6.61 Å². The average Bonchev–Trinajstić information content (AvgIpc) is 3.17. The Kier molecular flexibility index (Phi) is 4.38. The van der Waals surface area contributed by atoms with Crippen molar-refractivity contribution in [3.8, 4) is 5.75 Å². The quantitative estimate of drug-likeness (QED) is 0.690. The Bertz CT molecular complexity index is 350. The molecule has 0 heterocycles. The molecule has 0 aromatic heterocycles. The number of rotatable bonds is 7. The zero-order valence-electron chi connectivity index (χ0n) is 9.82. The molecular weight excluding hydrogens is 216 g/mol. The summed E-state index contributed by atoms with van der Waals surface area (Å²) in [5.41, 5.74) is 0. The van der Waals surface area contributed by atoms with Crippen molar-refractivity contribution in [2.24, 2.45) is 0 Å². The first-order valence-corrected chi connectivity index (χ1v) is 6.02. The normalized spacial score (nSPS) is 14.4. The van der Waals surface area contributed by atoms with E-state index in [1.165, 1.54) is 12.8 Å². The molecule has 1 aliphatic carbocycles. The van der Waals surface area contributed by atoms with E-state index in [0.29, 0.717) is 12.6 Å². The minimum atomic E-state index is -0.0774. The number of para-hydroxylation sites is 1. The Morgan fingerprint density at radius 2 is 2.00 bits per heavy atom. The molecule has 1 aromatic carbocycles. The molecule has 4 nitrogen and oxygen atoms in total. The minimum Gasteiger partial charge on any atom is -0.484 e. The van der Waals surface area contributed by atoms with Crippen LogP contribution in [0.2, 0.25) is 0 Å². The van der Waals surface area contributed by atoms with E-state index >= 15 is 0 Å². The fraction of sp³-hybridized carbons (Fsp3) is 0.462.